The summed E-state index contributed by atoms with van der Waals surface area (Å²) in [6.07, 6.45) is 3.05. The van der Waals surface area contributed by atoms with Crippen molar-refractivity contribution in [1.82, 2.24) is 9.29 Å². The highest BCUT2D eigenvalue weighted by molar-refractivity contribution is 7.89. The second kappa shape index (κ2) is 7.99. The first-order valence-corrected chi connectivity index (χ1v) is 11.2. The number of hydrogen-bond acceptors (Lipinski definition) is 6. The monoisotopic (exact) mass is 466 g/mol. The van der Waals surface area contributed by atoms with Gasteiger partial charge < -0.3 is 4.90 Å². The van der Waals surface area contributed by atoms with Crippen molar-refractivity contribution in [3.05, 3.63) is 69.0 Å². The molecule has 2 heterocycles. The molecular weight excluding hydrogens is 451 g/mol. The maximum Gasteiger partial charge on any atom is 0.278 e. The molecule has 0 aliphatic carbocycles. The molecular formula is C19H16Cl2N4O4S. The van der Waals surface area contributed by atoms with E-state index in [0.717, 1.165) is 5.69 Å². The average molecular weight is 467 g/mol. The number of piperazine rings is 1. The van der Waals surface area contributed by atoms with E-state index in [0.29, 0.717) is 28.9 Å². The molecule has 0 spiro atoms. The predicted octanol–water partition coefficient (Wildman–Crippen LogP) is 3.96. The zero-order chi connectivity index (χ0) is 21.5. The molecule has 1 aromatic heterocycles. The van der Waals surface area contributed by atoms with Crippen molar-refractivity contribution in [2.45, 2.75) is 4.90 Å². The Morgan fingerprint density at radius 1 is 1.00 bits per heavy atom. The minimum atomic E-state index is -3.79. The number of nitrogens with zero attached hydrogens (tertiary/aromatic N) is 4. The largest absolute Gasteiger partial charge is 0.368 e. The van der Waals surface area contributed by atoms with Crippen molar-refractivity contribution in [3.8, 4) is 0 Å². The summed E-state index contributed by atoms with van der Waals surface area (Å²) in [7, 11) is -3.79. The predicted molar refractivity (Wildman–Crippen MR) is 116 cm³/mol. The Morgan fingerprint density at radius 2 is 1.73 bits per heavy atom. The number of aromatic nitrogens is 1. The molecule has 1 saturated heterocycles. The van der Waals surface area contributed by atoms with Crippen LogP contribution in [0.5, 0.6) is 0 Å². The van der Waals surface area contributed by atoms with Gasteiger partial charge in [0, 0.05) is 60.7 Å². The molecule has 4 rings (SSSR count). The summed E-state index contributed by atoms with van der Waals surface area (Å²) in [4.78, 5) is 16.9. The molecule has 0 saturated carbocycles. The van der Waals surface area contributed by atoms with Crippen molar-refractivity contribution in [1.29, 1.82) is 0 Å². The summed E-state index contributed by atoms with van der Waals surface area (Å²) in [5, 5.41) is 12.9. The van der Waals surface area contributed by atoms with Crippen molar-refractivity contribution in [2.75, 3.05) is 31.1 Å². The SMILES string of the molecule is O=[N+]([O-])c1ccc(N2CCN(S(=O)(=O)c3cc(Cl)ccc3Cl)CC2)c2ccncc12. The maximum absolute atomic E-state index is 13.0. The summed E-state index contributed by atoms with van der Waals surface area (Å²) in [6.45, 7) is 1.34. The van der Waals surface area contributed by atoms with Crippen LogP contribution in [0, 0.1) is 10.1 Å². The Hall–Kier alpha value is -2.46. The van der Waals surface area contributed by atoms with Crippen LogP contribution in [0.2, 0.25) is 10.0 Å². The van der Waals surface area contributed by atoms with Crippen LogP contribution in [0.25, 0.3) is 10.8 Å². The van der Waals surface area contributed by atoms with Crippen molar-refractivity contribution in [3.63, 3.8) is 0 Å². The number of anilines is 1. The first-order valence-electron chi connectivity index (χ1n) is 9.00. The molecule has 1 aliphatic heterocycles. The van der Waals surface area contributed by atoms with Crippen LogP contribution in [0.4, 0.5) is 11.4 Å². The Bertz CT molecular complexity index is 1240. The summed E-state index contributed by atoms with van der Waals surface area (Å²) >= 11 is 12.0. The number of nitro groups is 1. The zero-order valence-corrected chi connectivity index (χ0v) is 17.9. The summed E-state index contributed by atoms with van der Waals surface area (Å²) in [6, 6.07) is 9.22. The molecule has 2 aromatic carbocycles. The van der Waals surface area contributed by atoms with Gasteiger partial charge >= 0.3 is 0 Å². The molecule has 0 unspecified atom stereocenters. The molecule has 1 fully saturated rings. The smallest absolute Gasteiger partial charge is 0.278 e. The number of rotatable bonds is 4. The maximum atomic E-state index is 13.0. The fourth-order valence-electron chi connectivity index (χ4n) is 3.58. The van der Waals surface area contributed by atoms with E-state index >= 15 is 0 Å². The van der Waals surface area contributed by atoms with Crippen LogP contribution < -0.4 is 4.90 Å². The van der Waals surface area contributed by atoms with E-state index in [1.807, 2.05) is 4.90 Å². The topological polar surface area (TPSA) is 96.6 Å². The minimum Gasteiger partial charge on any atom is -0.368 e. The van der Waals surface area contributed by atoms with Gasteiger partial charge in [-0.1, -0.05) is 23.2 Å². The molecule has 156 valence electrons. The van der Waals surface area contributed by atoms with Gasteiger partial charge in [-0.05, 0) is 30.3 Å². The average Bonchev–Trinajstić information content (AvgIpc) is 2.74. The lowest BCUT2D eigenvalue weighted by molar-refractivity contribution is -0.383. The molecule has 0 bridgehead atoms. The highest BCUT2D eigenvalue weighted by Gasteiger charge is 2.31. The van der Waals surface area contributed by atoms with Gasteiger partial charge in [-0.2, -0.15) is 4.31 Å². The quantitative estimate of drug-likeness (QED) is 0.426. The fraction of sp³-hybridized carbons (Fsp3) is 0.211. The molecule has 11 heteroatoms. The lowest BCUT2D eigenvalue weighted by Gasteiger charge is -2.36. The van der Waals surface area contributed by atoms with Crippen LogP contribution in [0.3, 0.4) is 0 Å². The van der Waals surface area contributed by atoms with E-state index in [9.17, 15) is 18.5 Å². The summed E-state index contributed by atoms with van der Waals surface area (Å²) in [5.41, 5.74) is 0.787. The lowest BCUT2D eigenvalue weighted by Crippen LogP contribution is -2.48. The van der Waals surface area contributed by atoms with E-state index < -0.39 is 14.9 Å². The molecule has 3 aromatic rings. The Labute approximate surface area is 182 Å². The summed E-state index contributed by atoms with van der Waals surface area (Å²) in [5.74, 6) is 0. The van der Waals surface area contributed by atoms with Crippen LogP contribution >= 0.6 is 23.2 Å². The van der Waals surface area contributed by atoms with E-state index in [4.69, 9.17) is 23.2 Å². The van der Waals surface area contributed by atoms with Gasteiger partial charge in [-0.25, -0.2) is 8.42 Å². The third-order valence-electron chi connectivity index (χ3n) is 5.06. The molecule has 1 aliphatic rings. The number of benzene rings is 2. The Balaban J connectivity index is 1.61. The van der Waals surface area contributed by atoms with Crippen LogP contribution in [-0.4, -0.2) is 48.8 Å². The Kier molecular flexibility index (Phi) is 5.54. The molecule has 0 amide bonds. The second-order valence-corrected chi connectivity index (χ2v) is 9.50. The highest BCUT2D eigenvalue weighted by atomic mass is 35.5. The summed E-state index contributed by atoms with van der Waals surface area (Å²) < 4.78 is 27.4. The van der Waals surface area contributed by atoms with E-state index in [1.54, 1.807) is 18.3 Å². The van der Waals surface area contributed by atoms with E-state index in [1.165, 1.54) is 34.8 Å². The standard InChI is InChI=1S/C19H16Cl2N4O4S/c20-13-1-2-16(21)19(11-13)30(28,29)24-9-7-23(8-10-24)17-3-4-18(25(26)27)15-12-22-6-5-14(15)17/h1-6,11-12H,7-10H2. The van der Waals surface area contributed by atoms with Crippen LogP contribution in [0.1, 0.15) is 0 Å². The normalized spacial score (nSPS) is 15.5. The van der Waals surface area contributed by atoms with Gasteiger partial charge in [0.2, 0.25) is 10.0 Å². The van der Waals surface area contributed by atoms with Gasteiger partial charge in [0.1, 0.15) is 4.90 Å². The number of halogens is 2. The molecule has 30 heavy (non-hydrogen) atoms. The number of hydrogen-bond donors (Lipinski definition) is 0. The number of pyridine rings is 1. The molecule has 0 N–H and O–H groups in total. The van der Waals surface area contributed by atoms with Crippen LogP contribution in [0.15, 0.2) is 53.7 Å². The minimum absolute atomic E-state index is 0.0151. The number of fused-ring (bicyclic) bond motifs is 1. The van der Waals surface area contributed by atoms with Crippen molar-refractivity contribution in [2.24, 2.45) is 0 Å². The third kappa shape index (κ3) is 3.69. The first-order chi connectivity index (χ1) is 14.3. The van der Waals surface area contributed by atoms with Gasteiger partial charge in [0.15, 0.2) is 0 Å². The lowest BCUT2D eigenvalue weighted by atomic mass is 10.1. The number of nitro benzene ring substituents is 1. The van der Waals surface area contributed by atoms with Gasteiger partial charge in [-0.3, -0.25) is 15.1 Å². The van der Waals surface area contributed by atoms with Gasteiger partial charge in [-0.15, -0.1) is 0 Å². The third-order valence-corrected chi connectivity index (χ3v) is 7.67. The fourth-order valence-corrected chi connectivity index (χ4v) is 5.74. The number of non-ortho nitro benzene ring substituents is 1. The van der Waals surface area contributed by atoms with E-state index in [2.05, 4.69) is 4.98 Å². The highest BCUT2D eigenvalue weighted by Crippen LogP contribution is 2.34. The van der Waals surface area contributed by atoms with Crippen LogP contribution in [-0.2, 0) is 10.0 Å². The molecule has 8 nitrogen and oxygen atoms in total. The van der Waals surface area contributed by atoms with Gasteiger partial charge in [0.25, 0.3) is 5.69 Å². The zero-order valence-electron chi connectivity index (χ0n) is 15.5. The number of sulfonamides is 1. The second-order valence-electron chi connectivity index (χ2n) is 6.75. The molecule has 0 atom stereocenters. The Morgan fingerprint density at radius 3 is 2.43 bits per heavy atom. The van der Waals surface area contributed by atoms with E-state index in [-0.39, 0.29) is 28.7 Å². The first kappa shape index (κ1) is 20.8. The van der Waals surface area contributed by atoms with Crippen molar-refractivity contribution < 1.29 is 13.3 Å². The van der Waals surface area contributed by atoms with Gasteiger partial charge in [0.05, 0.1) is 15.3 Å². The van der Waals surface area contributed by atoms with Crippen molar-refractivity contribution >= 4 is 55.4 Å². The molecule has 0 radical (unpaired) electrons.